The van der Waals surface area contributed by atoms with E-state index in [9.17, 15) is 14.7 Å². The molecule has 2 unspecified atom stereocenters. The van der Waals surface area contributed by atoms with Crippen molar-refractivity contribution in [3.8, 4) is 0 Å². The van der Waals surface area contributed by atoms with Crippen LogP contribution in [0.3, 0.4) is 0 Å². The van der Waals surface area contributed by atoms with Gasteiger partial charge in [0.25, 0.3) is 0 Å². The molecule has 1 aliphatic carbocycles. The number of benzene rings is 1. The second-order valence-electron chi connectivity index (χ2n) is 5.07. The third-order valence-corrected chi connectivity index (χ3v) is 3.86. The molecule has 1 aromatic carbocycles. The lowest BCUT2D eigenvalue weighted by molar-refractivity contribution is -0.171. The van der Waals surface area contributed by atoms with E-state index < -0.39 is 11.6 Å². The number of rotatable bonds is 3. The maximum Gasteiger partial charge on any atom is 0.353 e. The fourth-order valence-corrected chi connectivity index (χ4v) is 2.68. The van der Waals surface area contributed by atoms with Crippen molar-refractivity contribution < 1.29 is 19.4 Å². The second kappa shape index (κ2) is 3.83. The summed E-state index contributed by atoms with van der Waals surface area (Å²) in [7, 11) is 0. The standard InChI is InChI=1S/C14H14O4/c15-12-11(9-6-7-9)8-14(18-12,13(16)17)10-4-2-1-3-5-10/h1-5,9,11H,6-8H2,(H,16,17). The van der Waals surface area contributed by atoms with Gasteiger partial charge in [0.2, 0.25) is 5.60 Å². The molecule has 94 valence electrons. The molecule has 2 fully saturated rings. The summed E-state index contributed by atoms with van der Waals surface area (Å²) in [5, 5.41) is 9.48. The number of carboxylic acids is 1. The van der Waals surface area contributed by atoms with E-state index in [1.165, 1.54) is 0 Å². The molecular formula is C14H14O4. The zero-order chi connectivity index (χ0) is 12.8. The van der Waals surface area contributed by atoms with Crippen molar-refractivity contribution in [2.24, 2.45) is 11.8 Å². The normalized spacial score (nSPS) is 31.1. The van der Waals surface area contributed by atoms with Crippen LogP contribution in [-0.4, -0.2) is 17.0 Å². The molecule has 18 heavy (non-hydrogen) atoms. The highest BCUT2D eigenvalue weighted by Gasteiger charge is 2.57. The summed E-state index contributed by atoms with van der Waals surface area (Å²) in [5.41, 5.74) is -0.931. The van der Waals surface area contributed by atoms with Gasteiger partial charge >= 0.3 is 11.9 Å². The maximum absolute atomic E-state index is 11.9. The lowest BCUT2D eigenvalue weighted by atomic mass is 9.85. The van der Waals surface area contributed by atoms with Crippen LogP contribution in [0.2, 0.25) is 0 Å². The predicted octanol–water partition coefficient (Wildman–Crippen LogP) is 1.94. The van der Waals surface area contributed by atoms with E-state index >= 15 is 0 Å². The topological polar surface area (TPSA) is 63.6 Å². The Morgan fingerprint density at radius 3 is 2.50 bits per heavy atom. The monoisotopic (exact) mass is 246 g/mol. The Labute approximate surface area is 105 Å². The number of hydrogen-bond donors (Lipinski definition) is 1. The molecule has 0 spiro atoms. The SMILES string of the molecule is O=C1OC(C(=O)O)(c2ccccc2)CC1C1CC1. The highest BCUT2D eigenvalue weighted by atomic mass is 16.6. The van der Waals surface area contributed by atoms with E-state index in [-0.39, 0.29) is 18.3 Å². The van der Waals surface area contributed by atoms with Gasteiger partial charge < -0.3 is 9.84 Å². The van der Waals surface area contributed by atoms with Crippen LogP contribution in [0.4, 0.5) is 0 Å². The molecule has 0 bridgehead atoms. The molecule has 2 aliphatic rings. The molecule has 1 N–H and O–H groups in total. The summed E-state index contributed by atoms with van der Waals surface area (Å²) in [6, 6.07) is 8.75. The number of carbonyl (C=O) groups is 2. The van der Waals surface area contributed by atoms with Gasteiger partial charge in [0.05, 0.1) is 5.92 Å². The first-order valence-electron chi connectivity index (χ1n) is 6.15. The van der Waals surface area contributed by atoms with Crippen LogP contribution in [-0.2, 0) is 19.9 Å². The summed E-state index contributed by atoms with van der Waals surface area (Å²) < 4.78 is 5.27. The minimum atomic E-state index is -1.48. The number of esters is 1. The fourth-order valence-electron chi connectivity index (χ4n) is 2.68. The van der Waals surface area contributed by atoms with Crippen molar-refractivity contribution in [1.29, 1.82) is 0 Å². The molecular weight excluding hydrogens is 232 g/mol. The van der Waals surface area contributed by atoms with E-state index in [0.717, 1.165) is 12.8 Å². The van der Waals surface area contributed by atoms with Crippen LogP contribution in [0, 0.1) is 11.8 Å². The van der Waals surface area contributed by atoms with Crippen LogP contribution < -0.4 is 0 Å². The Kier molecular flexibility index (Phi) is 2.40. The quantitative estimate of drug-likeness (QED) is 0.828. The summed E-state index contributed by atoms with van der Waals surface area (Å²) in [6.07, 6.45) is 2.27. The first-order valence-corrected chi connectivity index (χ1v) is 6.15. The van der Waals surface area contributed by atoms with E-state index in [1.54, 1.807) is 24.3 Å². The minimum absolute atomic E-state index is 0.249. The average Bonchev–Trinajstić information content (AvgIpc) is 3.14. The van der Waals surface area contributed by atoms with Gasteiger partial charge in [-0.05, 0) is 18.8 Å². The third kappa shape index (κ3) is 1.60. The number of carbonyl (C=O) groups excluding carboxylic acids is 1. The number of cyclic esters (lactones) is 1. The van der Waals surface area contributed by atoms with Gasteiger partial charge in [0.1, 0.15) is 0 Å². The van der Waals surface area contributed by atoms with E-state index in [1.807, 2.05) is 6.07 Å². The van der Waals surface area contributed by atoms with Crippen LogP contribution in [0.1, 0.15) is 24.8 Å². The van der Waals surface area contributed by atoms with Gasteiger partial charge in [0.15, 0.2) is 0 Å². The van der Waals surface area contributed by atoms with E-state index in [4.69, 9.17) is 4.74 Å². The Bertz CT molecular complexity index is 492. The lowest BCUT2D eigenvalue weighted by Gasteiger charge is -2.23. The van der Waals surface area contributed by atoms with Crippen molar-refractivity contribution in [2.45, 2.75) is 24.9 Å². The number of aliphatic carboxylic acids is 1. The van der Waals surface area contributed by atoms with Gasteiger partial charge in [0, 0.05) is 12.0 Å². The van der Waals surface area contributed by atoms with Crippen molar-refractivity contribution in [3.63, 3.8) is 0 Å². The van der Waals surface area contributed by atoms with Gasteiger partial charge in [-0.15, -0.1) is 0 Å². The zero-order valence-corrected chi connectivity index (χ0v) is 9.83. The number of ether oxygens (including phenoxy) is 1. The van der Waals surface area contributed by atoms with Gasteiger partial charge in [-0.1, -0.05) is 30.3 Å². The summed E-state index contributed by atoms with van der Waals surface area (Å²) >= 11 is 0. The summed E-state index contributed by atoms with van der Waals surface area (Å²) in [4.78, 5) is 23.4. The fraction of sp³-hybridized carbons (Fsp3) is 0.429. The highest BCUT2D eigenvalue weighted by molar-refractivity contribution is 5.88. The molecule has 0 radical (unpaired) electrons. The Morgan fingerprint density at radius 2 is 1.94 bits per heavy atom. The first kappa shape index (κ1) is 11.3. The smallest absolute Gasteiger partial charge is 0.353 e. The van der Waals surface area contributed by atoms with Crippen LogP contribution in [0.15, 0.2) is 30.3 Å². The van der Waals surface area contributed by atoms with E-state index in [2.05, 4.69) is 0 Å². The molecule has 4 heteroatoms. The lowest BCUT2D eigenvalue weighted by Crippen LogP contribution is -2.35. The maximum atomic E-state index is 11.9. The molecule has 1 aromatic rings. The Hall–Kier alpha value is -1.84. The molecule has 1 saturated heterocycles. The van der Waals surface area contributed by atoms with Crippen LogP contribution in [0.5, 0.6) is 0 Å². The van der Waals surface area contributed by atoms with Crippen molar-refractivity contribution in [3.05, 3.63) is 35.9 Å². The van der Waals surface area contributed by atoms with E-state index in [0.29, 0.717) is 11.5 Å². The molecule has 1 saturated carbocycles. The van der Waals surface area contributed by atoms with Gasteiger partial charge in [-0.25, -0.2) is 4.79 Å². The predicted molar refractivity (Wildman–Crippen MR) is 62.7 cm³/mol. The molecule has 1 aliphatic heterocycles. The Morgan fingerprint density at radius 1 is 1.28 bits per heavy atom. The van der Waals surface area contributed by atoms with Gasteiger partial charge in [-0.2, -0.15) is 0 Å². The van der Waals surface area contributed by atoms with Gasteiger partial charge in [-0.3, -0.25) is 4.79 Å². The number of carboxylic acid groups (broad SMARTS) is 1. The molecule has 3 rings (SSSR count). The molecule has 0 amide bonds. The largest absolute Gasteiger partial charge is 0.478 e. The molecule has 4 nitrogen and oxygen atoms in total. The first-order chi connectivity index (χ1) is 8.63. The third-order valence-electron chi connectivity index (χ3n) is 3.86. The summed E-state index contributed by atoms with van der Waals surface area (Å²) in [6.45, 7) is 0. The van der Waals surface area contributed by atoms with Crippen LogP contribution in [0.25, 0.3) is 0 Å². The average molecular weight is 246 g/mol. The van der Waals surface area contributed by atoms with Crippen LogP contribution >= 0.6 is 0 Å². The minimum Gasteiger partial charge on any atom is -0.478 e. The molecule has 2 atom stereocenters. The number of hydrogen-bond acceptors (Lipinski definition) is 3. The second-order valence-corrected chi connectivity index (χ2v) is 5.07. The molecule has 1 heterocycles. The highest BCUT2D eigenvalue weighted by Crippen LogP contribution is 2.49. The summed E-state index contributed by atoms with van der Waals surface area (Å²) in [5.74, 6) is -1.36. The zero-order valence-electron chi connectivity index (χ0n) is 9.83. The molecule has 0 aromatic heterocycles. The Balaban J connectivity index is 1.99. The van der Waals surface area contributed by atoms with Crippen molar-refractivity contribution >= 4 is 11.9 Å². The van der Waals surface area contributed by atoms with Crippen molar-refractivity contribution in [2.75, 3.05) is 0 Å². The van der Waals surface area contributed by atoms with Crippen molar-refractivity contribution in [1.82, 2.24) is 0 Å².